The molecule has 3 rings (SSSR count). The molecule has 112 valence electrons. The second-order valence-corrected chi connectivity index (χ2v) is 6.82. The van der Waals surface area contributed by atoms with Gasteiger partial charge in [-0.25, -0.2) is 0 Å². The van der Waals surface area contributed by atoms with Gasteiger partial charge in [-0.15, -0.1) is 0 Å². The van der Waals surface area contributed by atoms with Gasteiger partial charge in [-0.1, -0.05) is 38.1 Å². The molecule has 1 N–H and O–H groups in total. The highest BCUT2D eigenvalue weighted by Gasteiger charge is 2.31. The third-order valence-corrected chi connectivity index (χ3v) is 5.00. The molecule has 0 radical (unpaired) electrons. The van der Waals surface area contributed by atoms with E-state index in [1.807, 2.05) is 17.9 Å². The van der Waals surface area contributed by atoms with Gasteiger partial charge in [0.05, 0.1) is 6.20 Å². The summed E-state index contributed by atoms with van der Waals surface area (Å²) in [5, 5.41) is 8.06. The molecule has 0 saturated carbocycles. The summed E-state index contributed by atoms with van der Waals surface area (Å²) >= 11 is 0. The summed E-state index contributed by atoms with van der Waals surface area (Å²) in [6.07, 6.45) is 4.40. The fourth-order valence-electron chi connectivity index (χ4n) is 3.38. The molecule has 3 nitrogen and oxygen atoms in total. The summed E-state index contributed by atoms with van der Waals surface area (Å²) in [6, 6.07) is 9.34. The lowest BCUT2D eigenvalue weighted by molar-refractivity contribution is 0.357. The second kappa shape index (κ2) is 5.30. The first kappa shape index (κ1) is 14.3. The Balaban J connectivity index is 1.80. The molecule has 3 heteroatoms. The average molecular weight is 283 g/mol. The Labute approximate surface area is 127 Å². The van der Waals surface area contributed by atoms with E-state index in [9.17, 15) is 0 Å². The maximum atomic E-state index is 4.32. The molecule has 1 unspecified atom stereocenters. The fourth-order valence-corrected chi connectivity index (χ4v) is 3.38. The summed E-state index contributed by atoms with van der Waals surface area (Å²) in [7, 11) is 2.00. The van der Waals surface area contributed by atoms with Crippen LogP contribution in [0.1, 0.15) is 55.1 Å². The van der Waals surface area contributed by atoms with E-state index in [0.29, 0.717) is 11.5 Å². The highest BCUT2D eigenvalue weighted by Crippen LogP contribution is 2.41. The van der Waals surface area contributed by atoms with Gasteiger partial charge >= 0.3 is 0 Å². The van der Waals surface area contributed by atoms with E-state index in [2.05, 4.69) is 55.5 Å². The van der Waals surface area contributed by atoms with E-state index < -0.39 is 0 Å². The minimum absolute atomic E-state index is 0.291. The number of aryl methyl sites for hydroxylation is 1. The lowest BCUT2D eigenvalue weighted by atomic mass is 9.71. The van der Waals surface area contributed by atoms with E-state index >= 15 is 0 Å². The number of nitrogens with one attached hydrogen (secondary N) is 1. The van der Waals surface area contributed by atoms with Crippen molar-refractivity contribution in [2.45, 2.75) is 51.6 Å². The summed E-state index contributed by atoms with van der Waals surface area (Å²) in [6.45, 7) is 7.72. The molecule has 0 saturated heterocycles. The van der Waals surface area contributed by atoms with Gasteiger partial charge in [-0.3, -0.25) is 4.68 Å². The third-order valence-electron chi connectivity index (χ3n) is 5.00. The first-order valence-corrected chi connectivity index (χ1v) is 7.79. The number of aromatic nitrogens is 2. The van der Waals surface area contributed by atoms with E-state index in [1.54, 1.807) is 0 Å². The van der Waals surface area contributed by atoms with Crippen molar-refractivity contribution in [3.05, 3.63) is 52.8 Å². The zero-order chi connectivity index (χ0) is 15.0. The quantitative estimate of drug-likeness (QED) is 0.932. The third kappa shape index (κ3) is 2.62. The highest BCUT2D eigenvalue weighted by molar-refractivity contribution is 5.38. The van der Waals surface area contributed by atoms with Crippen LogP contribution in [0.3, 0.4) is 0 Å². The molecule has 1 aromatic heterocycles. The molecule has 0 amide bonds. The molecule has 2 aromatic rings. The van der Waals surface area contributed by atoms with Crippen LogP contribution in [0.5, 0.6) is 0 Å². The van der Waals surface area contributed by atoms with Crippen molar-refractivity contribution in [2.24, 2.45) is 7.05 Å². The Bertz CT molecular complexity index is 640. The predicted molar refractivity (Wildman–Crippen MR) is 86.2 cm³/mol. The number of nitrogens with zero attached hydrogens (tertiary/aromatic N) is 2. The topological polar surface area (TPSA) is 29.9 Å². The molecule has 0 aliphatic heterocycles. The first-order chi connectivity index (χ1) is 9.99. The molecule has 0 bridgehead atoms. The maximum absolute atomic E-state index is 4.32. The zero-order valence-corrected chi connectivity index (χ0v) is 13.5. The summed E-state index contributed by atoms with van der Waals surface area (Å²) in [4.78, 5) is 0. The van der Waals surface area contributed by atoms with E-state index in [0.717, 1.165) is 6.54 Å². The van der Waals surface area contributed by atoms with Crippen molar-refractivity contribution in [1.82, 2.24) is 15.1 Å². The Morgan fingerprint density at radius 1 is 1.33 bits per heavy atom. The van der Waals surface area contributed by atoms with Gasteiger partial charge in [0.2, 0.25) is 0 Å². The van der Waals surface area contributed by atoms with Gasteiger partial charge in [-0.05, 0) is 36.3 Å². The van der Waals surface area contributed by atoms with Crippen molar-refractivity contribution >= 4 is 0 Å². The van der Waals surface area contributed by atoms with Crippen LogP contribution in [0.4, 0.5) is 0 Å². The van der Waals surface area contributed by atoms with Crippen LogP contribution in [-0.2, 0) is 19.0 Å². The summed E-state index contributed by atoms with van der Waals surface area (Å²) in [5.74, 6) is 0. The molecule has 21 heavy (non-hydrogen) atoms. The lowest BCUT2D eigenvalue weighted by Crippen LogP contribution is -2.32. The second-order valence-electron chi connectivity index (χ2n) is 6.82. The number of fused-ring (bicyclic) bond motifs is 1. The van der Waals surface area contributed by atoms with Crippen molar-refractivity contribution in [1.29, 1.82) is 0 Å². The van der Waals surface area contributed by atoms with Gasteiger partial charge in [0.1, 0.15) is 0 Å². The van der Waals surface area contributed by atoms with Crippen LogP contribution in [0.15, 0.2) is 30.5 Å². The van der Waals surface area contributed by atoms with Gasteiger partial charge in [-0.2, -0.15) is 5.10 Å². The smallest absolute Gasteiger partial charge is 0.0537 e. The van der Waals surface area contributed by atoms with Crippen LogP contribution >= 0.6 is 0 Å². The van der Waals surface area contributed by atoms with Gasteiger partial charge < -0.3 is 5.32 Å². The SMILES string of the molecule is Cc1c(CNC2CCC(C)(C)c3ccccc32)cnn1C. The van der Waals surface area contributed by atoms with Gasteiger partial charge in [0.15, 0.2) is 0 Å². The van der Waals surface area contributed by atoms with Crippen LogP contribution in [-0.4, -0.2) is 9.78 Å². The molecular formula is C18H25N3. The zero-order valence-electron chi connectivity index (χ0n) is 13.5. The summed E-state index contributed by atoms with van der Waals surface area (Å²) in [5.41, 5.74) is 5.79. The first-order valence-electron chi connectivity index (χ1n) is 7.79. The van der Waals surface area contributed by atoms with Crippen molar-refractivity contribution in [2.75, 3.05) is 0 Å². The normalized spacial score (nSPS) is 20.3. The molecule has 0 spiro atoms. The Morgan fingerprint density at radius 3 is 2.81 bits per heavy atom. The molecule has 1 aromatic carbocycles. The number of hydrogen-bond acceptors (Lipinski definition) is 2. The molecule has 1 atom stereocenters. The largest absolute Gasteiger partial charge is 0.306 e. The molecule has 1 aliphatic rings. The standard InChI is InChI=1S/C18H25N3/c1-13-14(12-20-21(13)4)11-19-17-9-10-18(2,3)16-8-6-5-7-15(16)17/h5-8,12,17,19H,9-11H2,1-4H3. The minimum Gasteiger partial charge on any atom is -0.306 e. The van der Waals surface area contributed by atoms with Crippen LogP contribution < -0.4 is 5.32 Å². The highest BCUT2D eigenvalue weighted by atomic mass is 15.3. The maximum Gasteiger partial charge on any atom is 0.0537 e. The Kier molecular flexibility index (Phi) is 3.62. The van der Waals surface area contributed by atoms with Crippen molar-refractivity contribution < 1.29 is 0 Å². The fraction of sp³-hybridized carbons (Fsp3) is 0.500. The number of rotatable bonds is 3. The molecule has 0 fully saturated rings. The number of benzene rings is 1. The lowest BCUT2D eigenvalue weighted by Gasteiger charge is -2.37. The Hall–Kier alpha value is -1.61. The van der Waals surface area contributed by atoms with Crippen LogP contribution in [0.2, 0.25) is 0 Å². The van der Waals surface area contributed by atoms with Crippen molar-refractivity contribution in [3.63, 3.8) is 0 Å². The van der Waals surface area contributed by atoms with Crippen LogP contribution in [0.25, 0.3) is 0 Å². The molecular weight excluding hydrogens is 258 g/mol. The Morgan fingerprint density at radius 2 is 2.10 bits per heavy atom. The van der Waals surface area contributed by atoms with E-state index in [-0.39, 0.29) is 0 Å². The average Bonchev–Trinajstić information content (AvgIpc) is 2.79. The van der Waals surface area contributed by atoms with E-state index in [4.69, 9.17) is 0 Å². The monoisotopic (exact) mass is 283 g/mol. The van der Waals surface area contributed by atoms with Gasteiger partial charge in [0, 0.05) is 30.9 Å². The van der Waals surface area contributed by atoms with Crippen LogP contribution in [0, 0.1) is 6.92 Å². The molecule has 1 heterocycles. The van der Waals surface area contributed by atoms with Crippen molar-refractivity contribution in [3.8, 4) is 0 Å². The predicted octanol–water partition coefficient (Wildman–Crippen LogP) is 3.63. The molecule has 1 aliphatic carbocycles. The summed E-state index contributed by atoms with van der Waals surface area (Å²) < 4.78 is 1.94. The van der Waals surface area contributed by atoms with E-state index in [1.165, 1.54) is 35.2 Å². The minimum atomic E-state index is 0.291. The number of hydrogen-bond donors (Lipinski definition) is 1. The van der Waals surface area contributed by atoms with Gasteiger partial charge in [0.25, 0.3) is 0 Å².